The molecule has 1 atom stereocenters. The van der Waals surface area contributed by atoms with E-state index in [9.17, 15) is 36.3 Å². The second-order valence-corrected chi connectivity index (χ2v) is 13.0. The number of primary amides is 1. The minimum atomic E-state index is -5.01. The predicted molar refractivity (Wildman–Crippen MR) is 179 cm³/mol. The normalized spacial score (nSPS) is 12.4. The highest BCUT2D eigenvalue weighted by molar-refractivity contribution is 5.78. The molecule has 3 aromatic rings. The highest BCUT2D eigenvalue weighted by atomic mass is 19.4. The van der Waals surface area contributed by atoms with Crippen LogP contribution in [0.4, 0.5) is 22.0 Å². The fourth-order valence-corrected chi connectivity index (χ4v) is 6.26. The summed E-state index contributed by atoms with van der Waals surface area (Å²) < 4.78 is 72.1. The van der Waals surface area contributed by atoms with Crippen LogP contribution < -0.4 is 11.3 Å². The van der Waals surface area contributed by atoms with Gasteiger partial charge in [-0.2, -0.15) is 13.2 Å². The third-order valence-corrected chi connectivity index (χ3v) is 8.77. The van der Waals surface area contributed by atoms with Crippen LogP contribution in [0.15, 0.2) is 41.3 Å². The number of alkyl halides is 3. The summed E-state index contributed by atoms with van der Waals surface area (Å²) in [5.74, 6) is -3.92. The Kier molecular flexibility index (Phi) is 14.1. The van der Waals surface area contributed by atoms with Gasteiger partial charge in [-0.25, -0.2) is 8.78 Å². The van der Waals surface area contributed by atoms with Crippen LogP contribution in [0.5, 0.6) is 0 Å². The average Bonchev–Trinajstić information content (AvgIpc) is 2.98. The lowest BCUT2D eigenvalue weighted by Crippen LogP contribution is -2.34. The SMILES string of the molecule is Cc1cc(=O)n(C(CCCCCCCc2cc(F)cc(C)c2-c2cc(CCC(=O)O)c(F)c(C(F)(F)F)c2)C(N)=O)cc1CCCN(C)C. The maximum absolute atomic E-state index is 14.8. The molecule has 0 bridgehead atoms. The molecule has 0 spiro atoms. The molecular weight excluding hydrogens is 645 g/mol. The molecule has 7 nitrogen and oxygen atoms in total. The van der Waals surface area contributed by atoms with Crippen LogP contribution in [0.3, 0.4) is 0 Å². The summed E-state index contributed by atoms with van der Waals surface area (Å²) in [4.78, 5) is 38.3. The summed E-state index contributed by atoms with van der Waals surface area (Å²) >= 11 is 0. The Balaban J connectivity index is 1.68. The zero-order valence-electron chi connectivity index (χ0n) is 28.6. The maximum atomic E-state index is 14.8. The van der Waals surface area contributed by atoms with Gasteiger partial charge in [-0.05, 0) is 136 Å². The average molecular weight is 692 g/mol. The van der Waals surface area contributed by atoms with E-state index >= 15 is 0 Å². The highest BCUT2D eigenvalue weighted by Gasteiger charge is 2.36. The molecule has 0 aliphatic carbocycles. The van der Waals surface area contributed by atoms with Crippen molar-refractivity contribution >= 4 is 11.9 Å². The first kappa shape index (κ1) is 39.4. The topological polar surface area (TPSA) is 106 Å². The molecule has 0 radical (unpaired) electrons. The van der Waals surface area contributed by atoms with Crippen molar-refractivity contribution in [3.05, 3.63) is 91.9 Å². The number of hydrogen-bond donors (Lipinski definition) is 2. The molecule has 3 rings (SSSR count). The smallest absolute Gasteiger partial charge is 0.419 e. The Hall–Kier alpha value is -4.06. The Bertz CT molecular complexity index is 1680. The Morgan fingerprint density at radius 3 is 2.14 bits per heavy atom. The fraction of sp³-hybridized carbons (Fsp3) is 0.486. The number of amides is 1. The van der Waals surface area contributed by atoms with E-state index in [1.54, 1.807) is 13.1 Å². The molecule has 0 fully saturated rings. The lowest BCUT2D eigenvalue weighted by Gasteiger charge is -2.19. The number of pyridine rings is 1. The number of benzene rings is 2. The number of aryl methyl sites for hydroxylation is 5. The predicted octanol–water partition coefficient (Wildman–Crippen LogP) is 7.55. The lowest BCUT2D eigenvalue weighted by atomic mass is 9.89. The van der Waals surface area contributed by atoms with Crippen LogP contribution in [0.1, 0.15) is 90.8 Å². The van der Waals surface area contributed by atoms with Gasteiger partial charge in [0.25, 0.3) is 5.56 Å². The summed E-state index contributed by atoms with van der Waals surface area (Å²) in [5, 5.41) is 9.03. The first-order valence-corrected chi connectivity index (χ1v) is 16.6. The van der Waals surface area contributed by atoms with Gasteiger partial charge in [-0.15, -0.1) is 0 Å². The van der Waals surface area contributed by atoms with Crippen molar-refractivity contribution in [1.29, 1.82) is 0 Å². The number of hydrogen-bond acceptors (Lipinski definition) is 4. The molecule has 0 saturated carbocycles. The van der Waals surface area contributed by atoms with Crippen molar-refractivity contribution in [3.8, 4) is 11.1 Å². The van der Waals surface area contributed by atoms with Gasteiger partial charge in [0.2, 0.25) is 5.91 Å². The summed E-state index contributed by atoms with van der Waals surface area (Å²) in [6, 6.07) is 5.14. The molecule has 0 aliphatic heterocycles. The van der Waals surface area contributed by atoms with E-state index in [-0.39, 0.29) is 16.7 Å². The summed E-state index contributed by atoms with van der Waals surface area (Å²) in [6.07, 6.45) is 1.55. The van der Waals surface area contributed by atoms with E-state index in [0.29, 0.717) is 54.9 Å². The molecule has 3 N–H and O–H groups in total. The fourth-order valence-electron chi connectivity index (χ4n) is 6.26. The minimum Gasteiger partial charge on any atom is -0.481 e. The molecule has 1 amide bonds. The molecule has 0 aliphatic rings. The van der Waals surface area contributed by atoms with E-state index in [4.69, 9.17) is 10.8 Å². The van der Waals surface area contributed by atoms with E-state index in [0.717, 1.165) is 43.4 Å². The molecule has 1 heterocycles. The van der Waals surface area contributed by atoms with Gasteiger partial charge in [0.1, 0.15) is 17.7 Å². The van der Waals surface area contributed by atoms with Crippen LogP contribution in [0, 0.1) is 25.5 Å². The van der Waals surface area contributed by atoms with Crippen molar-refractivity contribution in [1.82, 2.24) is 9.47 Å². The van der Waals surface area contributed by atoms with Gasteiger partial charge in [0.05, 0.1) is 5.56 Å². The second kappa shape index (κ2) is 17.6. The van der Waals surface area contributed by atoms with Crippen LogP contribution >= 0.6 is 0 Å². The van der Waals surface area contributed by atoms with Gasteiger partial charge in [-0.1, -0.05) is 25.7 Å². The van der Waals surface area contributed by atoms with Gasteiger partial charge in [0.15, 0.2) is 0 Å². The minimum absolute atomic E-state index is 0.0475. The van der Waals surface area contributed by atoms with E-state index in [1.807, 2.05) is 21.0 Å². The molecule has 12 heteroatoms. The second-order valence-electron chi connectivity index (χ2n) is 13.0. The summed E-state index contributed by atoms with van der Waals surface area (Å²) in [6.45, 7) is 4.33. The number of unbranched alkanes of at least 4 members (excludes halogenated alkanes) is 4. The molecule has 1 unspecified atom stereocenters. The number of aromatic nitrogens is 1. The van der Waals surface area contributed by atoms with Crippen molar-refractivity contribution in [2.45, 2.75) is 96.7 Å². The quantitative estimate of drug-likeness (QED) is 0.106. The van der Waals surface area contributed by atoms with Crippen molar-refractivity contribution in [3.63, 3.8) is 0 Å². The van der Waals surface area contributed by atoms with Crippen LogP contribution in [0.25, 0.3) is 11.1 Å². The van der Waals surface area contributed by atoms with Crippen molar-refractivity contribution < 1.29 is 36.6 Å². The number of carboxylic acid groups (broad SMARTS) is 1. The largest absolute Gasteiger partial charge is 0.481 e. The van der Waals surface area contributed by atoms with Crippen molar-refractivity contribution in [2.75, 3.05) is 20.6 Å². The number of carbonyl (C=O) groups excluding carboxylic acids is 1. The van der Waals surface area contributed by atoms with E-state index in [1.165, 1.54) is 28.8 Å². The standard InChI is InChI=1S/C37H46F5N3O4/c1-23-18-32(46)45(22-27(23)12-10-16-44(3)4)31(36(43)49)13-9-7-5-6-8-11-25-20-29(38)17-24(2)34(25)28-19-26(14-15-33(47)48)35(39)30(21-28)37(40,41)42/h17-22,31H,5-16H2,1-4H3,(H2,43,49)(H,47,48). The zero-order valence-corrected chi connectivity index (χ0v) is 28.6. The van der Waals surface area contributed by atoms with Crippen LogP contribution in [0.2, 0.25) is 0 Å². The third-order valence-electron chi connectivity index (χ3n) is 8.77. The Morgan fingerprint density at radius 1 is 0.857 bits per heavy atom. The number of rotatable bonds is 18. The van der Waals surface area contributed by atoms with E-state index in [2.05, 4.69) is 4.90 Å². The number of carbonyl (C=O) groups is 2. The Morgan fingerprint density at radius 2 is 1.51 bits per heavy atom. The van der Waals surface area contributed by atoms with Crippen LogP contribution in [-0.2, 0) is 35.0 Å². The molecule has 0 saturated heterocycles. The number of aliphatic carboxylic acids is 1. The summed E-state index contributed by atoms with van der Waals surface area (Å²) in [5.41, 5.74) is 6.68. The maximum Gasteiger partial charge on any atom is 0.419 e. The number of nitrogens with two attached hydrogens (primary N) is 1. The first-order valence-electron chi connectivity index (χ1n) is 16.6. The Labute approximate surface area is 283 Å². The number of nitrogens with zero attached hydrogens (tertiary/aromatic N) is 2. The first-order chi connectivity index (χ1) is 23.0. The van der Waals surface area contributed by atoms with Gasteiger partial charge >= 0.3 is 12.1 Å². The molecule has 1 aromatic heterocycles. The highest BCUT2D eigenvalue weighted by Crippen LogP contribution is 2.39. The summed E-state index contributed by atoms with van der Waals surface area (Å²) in [7, 11) is 3.98. The third kappa shape index (κ3) is 11.2. The molecular formula is C37H46F5N3O4. The number of halogens is 5. The van der Waals surface area contributed by atoms with Gasteiger partial charge in [-0.3, -0.25) is 14.4 Å². The lowest BCUT2D eigenvalue weighted by molar-refractivity contribution is -0.140. The molecule has 49 heavy (non-hydrogen) atoms. The monoisotopic (exact) mass is 691 g/mol. The van der Waals surface area contributed by atoms with Gasteiger partial charge in [0, 0.05) is 18.7 Å². The molecule has 268 valence electrons. The zero-order chi connectivity index (χ0) is 36.5. The van der Waals surface area contributed by atoms with Crippen molar-refractivity contribution in [2.24, 2.45) is 5.73 Å². The van der Waals surface area contributed by atoms with Gasteiger partial charge < -0.3 is 20.3 Å². The molecule has 2 aromatic carbocycles. The van der Waals surface area contributed by atoms with Crippen LogP contribution in [-0.4, -0.2) is 47.1 Å². The van der Waals surface area contributed by atoms with E-state index < -0.39 is 54.1 Å². The number of carboxylic acids is 1.